The van der Waals surface area contributed by atoms with Crippen molar-refractivity contribution in [1.82, 2.24) is 10.3 Å². The number of nitrogens with zero attached hydrogens (tertiary/aromatic N) is 3. The maximum atomic E-state index is 13.4. The monoisotopic (exact) mass is 468 g/mol. The average Bonchev–Trinajstić information content (AvgIpc) is 2.91. The Bertz CT molecular complexity index is 1270. The fourth-order valence-electron chi connectivity index (χ4n) is 4.01. The van der Waals surface area contributed by atoms with Crippen molar-refractivity contribution in [3.63, 3.8) is 0 Å². The van der Waals surface area contributed by atoms with Gasteiger partial charge < -0.3 is 14.8 Å². The van der Waals surface area contributed by atoms with Gasteiger partial charge in [0.05, 0.1) is 24.8 Å². The highest BCUT2D eigenvalue weighted by molar-refractivity contribution is 6.09. The summed E-state index contributed by atoms with van der Waals surface area (Å²) in [7, 11) is 1.61. The van der Waals surface area contributed by atoms with Gasteiger partial charge in [-0.15, -0.1) is 0 Å². The van der Waals surface area contributed by atoms with Crippen molar-refractivity contribution in [3.05, 3.63) is 95.3 Å². The topological polar surface area (TPSA) is 114 Å². The molecule has 0 aliphatic carbocycles. The third kappa shape index (κ3) is 5.89. The van der Waals surface area contributed by atoms with Crippen molar-refractivity contribution in [2.75, 3.05) is 7.11 Å². The highest BCUT2D eigenvalue weighted by Gasteiger charge is 2.39. The van der Waals surface area contributed by atoms with Crippen LogP contribution in [0.25, 0.3) is 0 Å². The maximum absolute atomic E-state index is 13.4. The number of nitrogens with one attached hydrogen (secondary N) is 1. The number of carbonyl (C=O) groups is 2. The summed E-state index contributed by atoms with van der Waals surface area (Å²) in [5, 5.41) is 11.9. The molecular weight excluding hydrogens is 444 g/mol. The number of esters is 1. The van der Waals surface area contributed by atoms with E-state index in [0.717, 1.165) is 16.9 Å². The van der Waals surface area contributed by atoms with Gasteiger partial charge in [-0.05, 0) is 65.9 Å². The molecule has 2 aromatic carbocycles. The summed E-state index contributed by atoms with van der Waals surface area (Å²) in [6, 6.07) is 19.0. The van der Waals surface area contributed by atoms with Crippen LogP contribution in [0.2, 0.25) is 0 Å². The summed E-state index contributed by atoms with van der Waals surface area (Å²) in [6.07, 6.45) is 4.22. The number of benzene rings is 2. The number of aryl methyl sites for hydroxylation is 1. The summed E-state index contributed by atoms with van der Waals surface area (Å²) >= 11 is 0. The minimum absolute atomic E-state index is 0.00756. The molecule has 2 heterocycles. The van der Waals surface area contributed by atoms with Crippen LogP contribution in [-0.2, 0) is 22.6 Å². The Morgan fingerprint density at radius 2 is 1.83 bits per heavy atom. The lowest BCUT2D eigenvalue weighted by Crippen LogP contribution is -2.45. The van der Waals surface area contributed by atoms with Gasteiger partial charge in [0, 0.05) is 18.1 Å². The second kappa shape index (κ2) is 11.1. The van der Waals surface area contributed by atoms with Gasteiger partial charge in [-0.3, -0.25) is 9.78 Å². The standard InChI is InChI=1S/C27H24N4O4/c1-34-22-8-5-18(6-9-22)7-10-23-24(25(31-27(33)30-23)21-11-13-29-14-12-21)26(32)35-17-20-4-2-3-19(15-20)16-28/h2-6,8-9,11-15,24-25H,7,10,17H2,1H3,(H,31,33). The molecule has 2 atom stereocenters. The number of hydrogen-bond acceptors (Lipinski definition) is 6. The van der Waals surface area contributed by atoms with Gasteiger partial charge in [-0.25, -0.2) is 9.79 Å². The van der Waals surface area contributed by atoms with Gasteiger partial charge in [-0.2, -0.15) is 5.26 Å². The van der Waals surface area contributed by atoms with E-state index in [9.17, 15) is 9.59 Å². The lowest BCUT2D eigenvalue weighted by molar-refractivity contribution is -0.148. The van der Waals surface area contributed by atoms with E-state index in [2.05, 4.69) is 21.4 Å². The maximum Gasteiger partial charge on any atom is 0.341 e. The summed E-state index contributed by atoms with van der Waals surface area (Å²) in [6.45, 7) is 0.00756. The van der Waals surface area contributed by atoms with Crippen molar-refractivity contribution >= 4 is 17.7 Å². The number of aliphatic imine (C=N–C) groups is 1. The van der Waals surface area contributed by atoms with Crippen LogP contribution in [0.1, 0.15) is 34.7 Å². The molecule has 35 heavy (non-hydrogen) atoms. The zero-order valence-electron chi connectivity index (χ0n) is 19.2. The Labute approximate surface area is 203 Å². The summed E-state index contributed by atoms with van der Waals surface area (Å²) < 4.78 is 10.9. The zero-order valence-corrected chi connectivity index (χ0v) is 19.2. The van der Waals surface area contributed by atoms with Crippen LogP contribution in [0.15, 0.2) is 78.0 Å². The van der Waals surface area contributed by atoms with Crippen LogP contribution in [-0.4, -0.2) is 29.8 Å². The van der Waals surface area contributed by atoms with Gasteiger partial charge in [-0.1, -0.05) is 24.3 Å². The Balaban J connectivity index is 1.57. The summed E-state index contributed by atoms with van der Waals surface area (Å²) in [4.78, 5) is 34.0. The summed E-state index contributed by atoms with van der Waals surface area (Å²) in [5.74, 6) is -0.544. The largest absolute Gasteiger partial charge is 0.497 e. The Morgan fingerprint density at radius 3 is 2.54 bits per heavy atom. The number of carbonyl (C=O) groups excluding carboxylic acids is 2. The van der Waals surface area contributed by atoms with Crippen LogP contribution in [0.5, 0.6) is 5.75 Å². The van der Waals surface area contributed by atoms with Crippen LogP contribution in [0.4, 0.5) is 4.79 Å². The second-order valence-corrected chi connectivity index (χ2v) is 8.06. The van der Waals surface area contributed by atoms with E-state index >= 15 is 0 Å². The lowest BCUT2D eigenvalue weighted by Gasteiger charge is -2.31. The molecule has 8 heteroatoms. The van der Waals surface area contributed by atoms with Crippen molar-refractivity contribution in [1.29, 1.82) is 5.26 Å². The van der Waals surface area contributed by atoms with Crippen LogP contribution >= 0.6 is 0 Å². The molecular formula is C27H24N4O4. The zero-order chi connectivity index (χ0) is 24.6. The molecule has 0 radical (unpaired) electrons. The van der Waals surface area contributed by atoms with Crippen molar-refractivity contribution < 1.29 is 19.1 Å². The van der Waals surface area contributed by atoms with Gasteiger partial charge >= 0.3 is 12.0 Å². The number of aromatic nitrogens is 1. The number of urea groups is 1. The number of amides is 2. The van der Waals surface area contributed by atoms with Crippen molar-refractivity contribution in [2.45, 2.75) is 25.5 Å². The highest BCUT2D eigenvalue weighted by atomic mass is 16.5. The SMILES string of the molecule is COc1ccc(CCC2=NC(=O)NC(c3ccncc3)C2C(=O)OCc2cccc(C#N)c2)cc1. The van der Waals surface area contributed by atoms with E-state index in [4.69, 9.17) is 14.7 Å². The van der Waals surface area contributed by atoms with E-state index in [1.807, 2.05) is 24.3 Å². The number of methoxy groups -OCH3 is 1. The molecule has 0 saturated carbocycles. The van der Waals surface area contributed by atoms with Crippen molar-refractivity contribution in [3.8, 4) is 11.8 Å². The first-order chi connectivity index (χ1) is 17.1. The molecule has 1 aliphatic heterocycles. The molecule has 4 rings (SSSR count). The minimum Gasteiger partial charge on any atom is -0.497 e. The predicted molar refractivity (Wildman–Crippen MR) is 129 cm³/mol. The van der Waals surface area contributed by atoms with E-state index in [1.54, 1.807) is 55.9 Å². The molecule has 0 fully saturated rings. The number of rotatable bonds is 8. The smallest absolute Gasteiger partial charge is 0.341 e. The molecule has 0 saturated heterocycles. The molecule has 0 bridgehead atoms. The molecule has 1 N–H and O–H groups in total. The highest BCUT2D eigenvalue weighted by Crippen LogP contribution is 2.30. The normalized spacial score (nSPS) is 17.0. The summed E-state index contributed by atoms with van der Waals surface area (Å²) in [5.41, 5.74) is 3.41. The number of ether oxygens (including phenoxy) is 2. The molecule has 2 amide bonds. The molecule has 0 spiro atoms. The first kappa shape index (κ1) is 23.6. The fraction of sp³-hybridized carbons (Fsp3) is 0.222. The van der Waals surface area contributed by atoms with Gasteiger partial charge in [0.2, 0.25) is 0 Å². The fourth-order valence-corrected chi connectivity index (χ4v) is 4.01. The van der Waals surface area contributed by atoms with Crippen LogP contribution < -0.4 is 10.1 Å². The Kier molecular flexibility index (Phi) is 7.48. The third-order valence-electron chi connectivity index (χ3n) is 5.80. The molecule has 8 nitrogen and oxygen atoms in total. The number of hydrogen-bond donors (Lipinski definition) is 1. The first-order valence-electron chi connectivity index (χ1n) is 11.1. The molecule has 1 aliphatic rings. The Morgan fingerprint density at radius 1 is 1.06 bits per heavy atom. The van der Waals surface area contributed by atoms with Crippen LogP contribution in [0, 0.1) is 17.2 Å². The lowest BCUT2D eigenvalue weighted by atomic mass is 9.85. The van der Waals surface area contributed by atoms with Crippen molar-refractivity contribution in [2.24, 2.45) is 10.9 Å². The number of nitriles is 1. The van der Waals surface area contributed by atoms with Crippen LogP contribution in [0.3, 0.4) is 0 Å². The van der Waals surface area contributed by atoms with E-state index in [-0.39, 0.29) is 6.61 Å². The second-order valence-electron chi connectivity index (χ2n) is 8.06. The Hall–Kier alpha value is -4.51. The molecule has 3 aromatic rings. The third-order valence-corrected chi connectivity index (χ3v) is 5.80. The van der Waals surface area contributed by atoms with E-state index in [0.29, 0.717) is 29.7 Å². The van der Waals surface area contributed by atoms with Gasteiger partial charge in [0.1, 0.15) is 18.3 Å². The molecule has 1 aromatic heterocycles. The minimum atomic E-state index is -0.799. The van der Waals surface area contributed by atoms with Gasteiger partial charge in [0.15, 0.2) is 0 Å². The predicted octanol–water partition coefficient (Wildman–Crippen LogP) is 4.16. The van der Waals surface area contributed by atoms with Gasteiger partial charge in [0.25, 0.3) is 0 Å². The first-order valence-corrected chi connectivity index (χ1v) is 11.1. The quantitative estimate of drug-likeness (QED) is 0.497. The molecule has 176 valence electrons. The average molecular weight is 469 g/mol. The molecule has 2 unspecified atom stereocenters. The van der Waals surface area contributed by atoms with E-state index < -0.39 is 24.0 Å². The number of pyridine rings is 1. The van der Waals surface area contributed by atoms with E-state index in [1.165, 1.54) is 0 Å².